The molecule has 2 aromatic carbocycles. The Balaban J connectivity index is 1.54. The van der Waals surface area contributed by atoms with E-state index in [1.54, 1.807) is 12.3 Å². The lowest BCUT2D eigenvalue weighted by Gasteiger charge is -2.09. The fraction of sp³-hybridized carbons (Fsp3) is 0.174. The van der Waals surface area contributed by atoms with Gasteiger partial charge in [0.25, 0.3) is 5.91 Å². The summed E-state index contributed by atoms with van der Waals surface area (Å²) in [5.41, 5.74) is 4.06. The van der Waals surface area contributed by atoms with Gasteiger partial charge in [0.05, 0.1) is 11.8 Å². The molecule has 0 bridgehead atoms. The molecular formula is C23H23NO2S. The zero-order chi connectivity index (χ0) is 18.9. The topological polar surface area (TPSA) is 42.2 Å². The number of aryl methyl sites for hydroxylation is 1. The smallest absolute Gasteiger partial charge is 0.252 e. The molecule has 3 nitrogen and oxygen atoms in total. The van der Waals surface area contributed by atoms with E-state index in [0.29, 0.717) is 17.9 Å². The lowest BCUT2D eigenvalue weighted by molar-refractivity contribution is -0.115. The molecule has 138 valence electrons. The Labute approximate surface area is 164 Å². The molecule has 1 amide bonds. The van der Waals surface area contributed by atoms with E-state index in [9.17, 15) is 4.79 Å². The van der Waals surface area contributed by atoms with Gasteiger partial charge in [-0.15, -0.1) is 0 Å². The predicted molar refractivity (Wildman–Crippen MR) is 113 cm³/mol. The summed E-state index contributed by atoms with van der Waals surface area (Å²) in [6.45, 7) is 2.71. The van der Waals surface area contributed by atoms with Crippen molar-refractivity contribution < 1.29 is 9.21 Å². The van der Waals surface area contributed by atoms with Crippen molar-refractivity contribution in [1.82, 2.24) is 5.32 Å². The van der Waals surface area contributed by atoms with Crippen LogP contribution < -0.4 is 5.32 Å². The monoisotopic (exact) mass is 377 g/mol. The molecule has 1 N–H and O–H groups in total. The molecule has 0 radical (unpaired) electrons. The molecule has 0 saturated heterocycles. The van der Waals surface area contributed by atoms with Gasteiger partial charge < -0.3 is 9.73 Å². The second-order valence-electron chi connectivity index (χ2n) is 6.23. The Morgan fingerprint density at radius 3 is 2.52 bits per heavy atom. The molecule has 0 saturated carbocycles. The lowest BCUT2D eigenvalue weighted by Crippen LogP contribution is -2.26. The molecule has 0 aliphatic rings. The van der Waals surface area contributed by atoms with E-state index < -0.39 is 0 Å². The highest BCUT2D eigenvalue weighted by Crippen LogP contribution is 2.19. The molecule has 3 aromatic rings. The van der Waals surface area contributed by atoms with E-state index in [2.05, 4.69) is 36.5 Å². The Morgan fingerprint density at radius 1 is 1.04 bits per heavy atom. The second-order valence-corrected chi connectivity index (χ2v) is 7.34. The number of carbonyl (C=O) groups excluding carboxylic acids is 1. The highest BCUT2D eigenvalue weighted by atomic mass is 32.2. The average Bonchev–Trinajstić information content (AvgIpc) is 3.21. The highest BCUT2D eigenvalue weighted by molar-refractivity contribution is 7.98. The number of carbonyl (C=O) groups is 1. The predicted octanol–water partition coefficient (Wildman–Crippen LogP) is 5.18. The second kappa shape index (κ2) is 9.83. The third-order valence-electron chi connectivity index (χ3n) is 4.08. The van der Waals surface area contributed by atoms with Crippen molar-refractivity contribution in [2.45, 2.75) is 12.7 Å². The van der Waals surface area contributed by atoms with Crippen molar-refractivity contribution in [3.05, 3.63) is 95.4 Å². The molecule has 0 atom stereocenters. The third kappa shape index (κ3) is 5.90. The van der Waals surface area contributed by atoms with Gasteiger partial charge >= 0.3 is 0 Å². The van der Waals surface area contributed by atoms with Crippen LogP contribution in [0.1, 0.15) is 22.5 Å². The van der Waals surface area contributed by atoms with Crippen LogP contribution >= 0.6 is 11.8 Å². The van der Waals surface area contributed by atoms with Crippen LogP contribution in [-0.4, -0.2) is 18.2 Å². The van der Waals surface area contributed by atoms with Crippen molar-refractivity contribution in [3.8, 4) is 0 Å². The largest absolute Gasteiger partial charge is 0.465 e. The molecule has 3 rings (SSSR count). The number of hydrogen-bond donors (Lipinski definition) is 1. The summed E-state index contributed by atoms with van der Waals surface area (Å²) in [5, 5.41) is 3.02. The van der Waals surface area contributed by atoms with Gasteiger partial charge in [0, 0.05) is 18.1 Å². The number of benzene rings is 2. The summed E-state index contributed by atoms with van der Waals surface area (Å²) >= 11 is 1.81. The fourth-order valence-electron chi connectivity index (χ4n) is 2.62. The minimum atomic E-state index is -0.0893. The van der Waals surface area contributed by atoms with E-state index >= 15 is 0 Å². The summed E-state index contributed by atoms with van der Waals surface area (Å²) < 4.78 is 5.38. The van der Waals surface area contributed by atoms with Crippen LogP contribution in [0.3, 0.4) is 0 Å². The van der Waals surface area contributed by atoms with Crippen LogP contribution in [0.15, 0.2) is 77.4 Å². The van der Waals surface area contributed by atoms with Gasteiger partial charge in [-0.1, -0.05) is 60.2 Å². The van der Waals surface area contributed by atoms with Gasteiger partial charge in [-0.25, -0.2) is 0 Å². The minimum Gasteiger partial charge on any atom is -0.465 e. The molecule has 0 unspecified atom stereocenters. The maximum atomic E-state index is 12.7. The Morgan fingerprint density at radius 2 is 1.81 bits per heavy atom. The summed E-state index contributed by atoms with van der Waals surface area (Å²) in [6.07, 6.45) is 3.39. The normalized spacial score (nSPS) is 11.4. The number of hydrogen-bond acceptors (Lipinski definition) is 3. The Bertz CT molecular complexity index is 869. The lowest BCUT2D eigenvalue weighted by atomic mass is 10.0. The summed E-state index contributed by atoms with van der Waals surface area (Å²) in [7, 11) is 0. The zero-order valence-corrected chi connectivity index (χ0v) is 16.2. The van der Waals surface area contributed by atoms with Gasteiger partial charge in [0.2, 0.25) is 0 Å². The molecule has 4 heteroatoms. The van der Waals surface area contributed by atoms with E-state index in [4.69, 9.17) is 4.42 Å². The van der Waals surface area contributed by atoms with Crippen LogP contribution in [-0.2, 0) is 10.5 Å². The van der Waals surface area contributed by atoms with Crippen LogP contribution in [0.5, 0.6) is 0 Å². The molecule has 0 aliphatic carbocycles. The zero-order valence-electron chi connectivity index (χ0n) is 15.4. The standard InChI is InChI=1S/C23H23NO2S/c1-18-9-11-19(12-10-18)17-27-15-13-24-23(25)22(16-21-8-5-14-26-21)20-6-3-2-4-7-20/h2-12,14,16H,13,15,17H2,1H3,(H,24,25)/b22-16+. The number of furan rings is 1. The quantitative estimate of drug-likeness (QED) is 0.434. The van der Waals surface area contributed by atoms with Gasteiger partial charge in [-0.3, -0.25) is 4.79 Å². The van der Waals surface area contributed by atoms with Crippen LogP contribution in [0.4, 0.5) is 0 Å². The highest BCUT2D eigenvalue weighted by Gasteiger charge is 2.12. The van der Waals surface area contributed by atoms with Gasteiger partial charge in [0.1, 0.15) is 5.76 Å². The minimum absolute atomic E-state index is 0.0893. The van der Waals surface area contributed by atoms with Crippen LogP contribution in [0.2, 0.25) is 0 Å². The summed E-state index contributed by atoms with van der Waals surface area (Å²) in [5.74, 6) is 2.39. The van der Waals surface area contributed by atoms with Crippen molar-refractivity contribution in [1.29, 1.82) is 0 Å². The molecule has 0 spiro atoms. The number of rotatable bonds is 8. The molecule has 27 heavy (non-hydrogen) atoms. The maximum absolute atomic E-state index is 12.7. The molecule has 1 heterocycles. The fourth-order valence-corrected chi connectivity index (χ4v) is 3.44. The first-order valence-electron chi connectivity index (χ1n) is 8.94. The number of thioether (sulfide) groups is 1. The number of nitrogens with one attached hydrogen (secondary N) is 1. The van der Waals surface area contributed by atoms with Crippen molar-refractivity contribution >= 4 is 29.3 Å². The number of amides is 1. The average molecular weight is 378 g/mol. The van der Waals surface area contributed by atoms with E-state index in [-0.39, 0.29) is 5.91 Å². The van der Waals surface area contributed by atoms with Crippen molar-refractivity contribution in [3.63, 3.8) is 0 Å². The van der Waals surface area contributed by atoms with Gasteiger partial charge in [-0.05, 0) is 36.3 Å². The molecule has 1 aromatic heterocycles. The van der Waals surface area contributed by atoms with Crippen molar-refractivity contribution in [2.24, 2.45) is 0 Å². The SMILES string of the molecule is Cc1ccc(CSCCNC(=O)/C(=C/c2ccco2)c2ccccc2)cc1. The molecule has 0 fully saturated rings. The summed E-state index contributed by atoms with van der Waals surface area (Å²) in [6, 6.07) is 21.9. The maximum Gasteiger partial charge on any atom is 0.252 e. The van der Waals surface area contributed by atoms with Gasteiger partial charge in [0.15, 0.2) is 0 Å². The van der Waals surface area contributed by atoms with Crippen LogP contribution in [0.25, 0.3) is 11.6 Å². The Kier molecular flexibility index (Phi) is 6.94. The van der Waals surface area contributed by atoms with E-state index in [1.807, 2.05) is 54.2 Å². The van der Waals surface area contributed by atoms with E-state index in [0.717, 1.165) is 17.1 Å². The van der Waals surface area contributed by atoms with Crippen molar-refractivity contribution in [2.75, 3.05) is 12.3 Å². The molecular weight excluding hydrogens is 354 g/mol. The van der Waals surface area contributed by atoms with E-state index in [1.165, 1.54) is 11.1 Å². The Hall–Kier alpha value is -2.72. The first-order valence-corrected chi connectivity index (χ1v) is 10.1. The summed E-state index contributed by atoms with van der Waals surface area (Å²) in [4.78, 5) is 12.7. The van der Waals surface area contributed by atoms with Gasteiger partial charge in [-0.2, -0.15) is 11.8 Å². The molecule has 0 aliphatic heterocycles. The first-order chi connectivity index (χ1) is 13.2. The first kappa shape index (κ1) is 19.1. The third-order valence-corrected chi connectivity index (χ3v) is 5.11. The van der Waals surface area contributed by atoms with Crippen LogP contribution in [0, 0.1) is 6.92 Å².